The fraction of sp³-hybridized carbons (Fsp3) is 0.0714. The highest BCUT2D eigenvalue weighted by Gasteiger charge is 2.18. The Kier molecular flexibility index (Phi) is 3.53. The third-order valence-corrected chi connectivity index (χ3v) is 3.87. The molecule has 0 aliphatic heterocycles. The predicted octanol–water partition coefficient (Wildman–Crippen LogP) is 3.43. The van der Waals surface area contributed by atoms with Gasteiger partial charge in [0, 0.05) is 25.0 Å². The van der Waals surface area contributed by atoms with Gasteiger partial charge in [-0.2, -0.15) is 5.10 Å². The van der Waals surface area contributed by atoms with Crippen LogP contribution in [0.2, 0.25) is 10.0 Å². The van der Waals surface area contributed by atoms with E-state index in [2.05, 4.69) is 15.1 Å². The molecule has 3 aromatic rings. The molecule has 0 saturated carbocycles. The molecule has 0 radical (unpaired) electrons. The van der Waals surface area contributed by atoms with Crippen molar-refractivity contribution in [2.45, 2.75) is 0 Å². The standard InChI is InChI=1S/C14H11Cl2N5/c1-21-14(17)12(8-2-3-10(15)11(16)4-8)13(20-21)9-5-18-7-19-6-9/h2-7H,17H2,1H3. The lowest BCUT2D eigenvalue weighted by Crippen LogP contribution is -1.98. The molecular weight excluding hydrogens is 309 g/mol. The maximum Gasteiger partial charge on any atom is 0.129 e. The van der Waals surface area contributed by atoms with Crippen LogP contribution in [-0.4, -0.2) is 19.7 Å². The highest BCUT2D eigenvalue weighted by Crippen LogP contribution is 2.37. The molecule has 0 aliphatic carbocycles. The lowest BCUT2D eigenvalue weighted by molar-refractivity contribution is 0.782. The molecule has 0 atom stereocenters. The summed E-state index contributed by atoms with van der Waals surface area (Å²) in [6, 6.07) is 5.36. The van der Waals surface area contributed by atoms with Crippen molar-refractivity contribution >= 4 is 29.0 Å². The van der Waals surface area contributed by atoms with Gasteiger partial charge < -0.3 is 5.73 Å². The second-order valence-corrected chi connectivity index (χ2v) is 5.30. The fourth-order valence-electron chi connectivity index (χ4n) is 2.10. The van der Waals surface area contributed by atoms with Gasteiger partial charge in [0.25, 0.3) is 0 Å². The van der Waals surface area contributed by atoms with Gasteiger partial charge >= 0.3 is 0 Å². The largest absolute Gasteiger partial charge is 0.383 e. The number of hydrogen-bond donors (Lipinski definition) is 1. The minimum atomic E-state index is 0.465. The van der Waals surface area contributed by atoms with Crippen molar-refractivity contribution in [3.8, 4) is 22.4 Å². The van der Waals surface area contributed by atoms with E-state index in [9.17, 15) is 0 Å². The van der Waals surface area contributed by atoms with Gasteiger partial charge in [0.2, 0.25) is 0 Å². The van der Waals surface area contributed by atoms with Crippen LogP contribution in [0.25, 0.3) is 22.4 Å². The molecule has 21 heavy (non-hydrogen) atoms. The van der Waals surface area contributed by atoms with E-state index in [0.29, 0.717) is 21.6 Å². The summed E-state index contributed by atoms with van der Waals surface area (Å²) in [5, 5.41) is 5.40. The average Bonchev–Trinajstić information content (AvgIpc) is 2.79. The van der Waals surface area contributed by atoms with Crippen molar-refractivity contribution in [3.63, 3.8) is 0 Å². The molecule has 0 spiro atoms. The Hall–Kier alpha value is -2.11. The number of nitrogen functional groups attached to an aromatic ring is 1. The van der Waals surface area contributed by atoms with E-state index in [4.69, 9.17) is 28.9 Å². The number of anilines is 1. The number of benzene rings is 1. The lowest BCUT2D eigenvalue weighted by atomic mass is 10.0. The van der Waals surface area contributed by atoms with E-state index in [1.165, 1.54) is 6.33 Å². The molecule has 0 amide bonds. The number of hydrogen-bond acceptors (Lipinski definition) is 4. The van der Waals surface area contributed by atoms with Gasteiger partial charge in [-0.25, -0.2) is 9.97 Å². The first-order valence-corrected chi connectivity index (χ1v) is 6.87. The van der Waals surface area contributed by atoms with Crippen LogP contribution in [0.4, 0.5) is 5.82 Å². The van der Waals surface area contributed by atoms with Crippen LogP contribution in [0.15, 0.2) is 36.9 Å². The van der Waals surface area contributed by atoms with Crippen molar-refractivity contribution in [2.75, 3.05) is 5.73 Å². The maximum atomic E-state index is 6.14. The van der Waals surface area contributed by atoms with E-state index < -0.39 is 0 Å². The second-order valence-electron chi connectivity index (χ2n) is 4.49. The molecule has 0 aliphatic rings. The fourth-order valence-corrected chi connectivity index (χ4v) is 2.39. The minimum absolute atomic E-state index is 0.465. The molecule has 0 fully saturated rings. The zero-order valence-corrected chi connectivity index (χ0v) is 12.6. The summed E-state index contributed by atoms with van der Waals surface area (Å²) in [5.41, 5.74) is 9.26. The topological polar surface area (TPSA) is 69.6 Å². The van der Waals surface area contributed by atoms with Crippen LogP contribution in [0.3, 0.4) is 0 Å². The molecule has 2 aromatic heterocycles. The maximum absolute atomic E-state index is 6.14. The molecule has 106 valence electrons. The zero-order valence-electron chi connectivity index (χ0n) is 11.1. The van der Waals surface area contributed by atoms with Gasteiger partial charge in [-0.15, -0.1) is 0 Å². The van der Waals surface area contributed by atoms with Crippen molar-refractivity contribution < 1.29 is 0 Å². The van der Waals surface area contributed by atoms with Gasteiger partial charge in [-0.3, -0.25) is 4.68 Å². The number of aryl methyl sites for hydroxylation is 1. The Balaban J connectivity index is 2.24. The smallest absolute Gasteiger partial charge is 0.129 e. The summed E-state index contributed by atoms with van der Waals surface area (Å²) in [7, 11) is 1.78. The van der Waals surface area contributed by atoms with E-state index in [0.717, 1.165) is 16.7 Å². The summed E-state index contributed by atoms with van der Waals surface area (Å²) in [6.07, 6.45) is 4.85. The summed E-state index contributed by atoms with van der Waals surface area (Å²) in [5.74, 6) is 0.534. The Labute approximate surface area is 131 Å². The van der Waals surface area contributed by atoms with Gasteiger partial charge in [-0.05, 0) is 17.7 Å². The van der Waals surface area contributed by atoms with E-state index >= 15 is 0 Å². The van der Waals surface area contributed by atoms with E-state index in [-0.39, 0.29) is 0 Å². The van der Waals surface area contributed by atoms with Crippen LogP contribution < -0.4 is 5.73 Å². The molecule has 1 aromatic carbocycles. The number of halogens is 2. The molecule has 0 saturated heterocycles. The number of nitrogens with zero attached hydrogens (tertiary/aromatic N) is 4. The van der Waals surface area contributed by atoms with Gasteiger partial charge in [0.15, 0.2) is 0 Å². The number of aromatic nitrogens is 4. The number of rotatable bonds is 2. The highest BCUT2D eigenvalue weighted by atomic mass is 35.5. The molecule has 2 N–H and O–H groups in total. The van der Waals surface area contributed by atoms with Crippen molar-refractivity contribution in [2.24, 2.45) is 7.05 Å². The van der Waals surface area contributed by atoms with Gasteiger partial charge in [0.1, 0.15) is 17.8 Å². The van der Waals surface area contributed by atoms with Crippen molar-refractivity contribution in [1.82, 2.24) is 19.7 Å². The Morgan fingerprint density at radius 3 is 2.43 bits per heavy atom. The minimum Gasteiger partial charge on any atom is -0.383 e. The molecular formula is C14H11Cl2N5. The summed E-state index contributed by atoms with van der Waals surface area (Å²) in [6.45, 7) is 0. The molecule has 0 unspecified atom stereocenters. The quantitative estimate of drug-likeness (QED) is 0.785. The monoisotopic (exact) mass is 319 g/mol. The Morgan fingerprint density at radius 1 is 1.05 bits per heavy atom. The van der Waals surface area contributed by atoms with Gasteiger partial charge in [-0.1, -0.05) is 29.3 Å². The third-order valence-electron chi connectivity index (χ3n) is 3.13. The highest BCUT2D eigenvalue weighted by molar-refractivity contribution is 6.42. The molecule has 2 heterocycles. The Bertz CT molecular complexity index is 799. The lowest BCUT2D eigenvalue weighted by Gasteiger charge is -2.05. The van der Waals surface area contributed by atoms with Crippen molar-refractivity contribution in [3.05, 3.63) is 47.0 Å². The SMILES string of the molecule is Cn1nc(-c2cncnc2)c(-c2ccc(Cl)c(Cl)c2)c1N. The molecule has 0 bridgehead atoms. The molecule has 3 rings (SSSR count). The predicted molar refractivity (Wildman–Crippen MR) is 84.1 cm³/mol. The first-order chi connectivity index (χ1) is 10.1. The van der Waals surface area contributed by atoms with E-state index in [1.54, 1.807) is 36.3 Å². The van der Waals surface area contributed by atoms with Gasteiger partial charge in [0.05, 0.1) is 15.6 Å². The van der Waals surface area contributed by atoms with Crippen LogP contribution in [0.1, 0.15) is 0 Å². The van der Waals surface area contributed by atoms with Crippen LogP contribution in [-0.2, 0) is 7.05 Å². The average molecular weight is 320 g/mol. The first kappa shape index (κ1) is 13.9. The van der Waals surface area contributed by atoms with Crippen molar-refractivity contribution in [1.29, 1.82) is 0 Å². The van der Waals surface area contributed by atoms with E-state index in [1.807, 2.05) is 6.07 Å². The first-order valence-electron chi connectivity index (χ1n) is 6.11. The zero-order chi connectivity index (χ0) is 15.0. The summed E-state index contributed by atoms with van der Waals surface area (Å²) >= 11 is 12.1. The molecule has 5 nitrogen and oxygen atoms in total. The number of nitrogens with two attached hydrogens (primary N) is 1. The summed E-state index contributed by atoms with van der Waals surface area (Å²) in [4.78, 5) is 8.04. The van der Waals surface area contributed by atoms with Crippen LogP contribution in [0.5, 0.6) is 0 Å². The van der Waals surface area contributed by atoms with Crippen LogP contribution in [0, 0.1) is 0 Å². The third kappa shape index (κ3) is 2.46. The normalized spacial score (nSPS) is 10.8. The second kappa shape index (κ2) is 5.35. The van der Waals surface area contributed by atoms with Crippen LogP contribution >= 0.6 is 23.2 Å². The Morgan fingerprint density at radius 2 is 1.76 bits per heavy atom. The molecule has 7 heteroatoms. The summed E-state index contributed by atoms with van der Waals surface area (Å²) < 4.78 is 1.61.